The quantitative estimate of drug-likeness (QED) is 0.201. The van der Waals surface area contributed by atoms with Gasteiger partial charge in [-0.15, -0.1) is 5.10 Å². The van der Waals surface area contributed by atoms with Crippen molar-refractivity contribution >= 4 is 34.3 Å². The first-order valence-electron chi connectivity index (χ1n) is 12.8. The van der Waals surface area contributed by atoms with E-state index in [0.29, 0.717) is 34.3 Å². The number of nitrogens with one attached hydrogen (secondary N) is 3. The molecular weight excluding hydrogens is 546 g/mol. The summed E-state index contributed by atoms with van der Waals surface area (Å²) in [5.74, 6) is -0.864. The van der Waals surface area contributed by atoms with E-state index in [1.807, 2.05) is 30.3 Å². The van der Waals surface area contributed by atoms with E-state index in [-0.39, 0.29) is 30.5 Å². The predicted molar refractivity (Wildman–Crippen MR) is 153 cm³/mol. The number of carbonyl (C=O) groups excluding carboxylic acids is 2. The highest BCUT2D eigenvalue weighted by molar-refractivity contribution is 6.30. The molecule has 3 aromatic carbocycles. The van der Waals surface area contributed by atoms with E-state index >= 15 is 0 Å². The van der Waals surface area contributed by atoms with Gasteiger partial charge < -0.3 is 20.7 Å². The molecule has 0 unspecified atom stereocenters. The minimum absolute atomic E-state index is 0.0229. The molecule has 12 heteroatoms. The van der Waals surface area contributed by atoms with Crippen LogP contribution in [0.15, 0.2) is 83.9 Å². The van der Waals surface area contributed by atoms with E-state index < -0.39 is 11.6 Å². The van der Waals surface area contributed by atoms with Crippen LogP contribution in [0.3, 0.4) is 0 Å². The smallest absolute Gasteiger partial charge is 0.252 e. The summed E-state index contributed by atoms with van der Waals surface area (Å²) in [5, 5.41) is 28.2. The van der Waals surface area contributed by atoms with Crippen LogP contribution in [0.25, 0.3) is 16.6 Å². The molecule has 4 N–H and O–H groups in total. The highest BCUT2D eigenvalue weighted by Gasteiger charge is 2.22. The zero-order valence-corrected chi connectivity index (χ0v) is 22.5. The number of hydrogen-bond donors (Lipinski definition) is 4. The molecule has 208 valence electrons. The van der Waals surface area contributed by atoms with Crippen LogP contribution in [0.1, 0.15) is 16.7 Å². The number of aromatic nitrogens is 5. The number of hydrogen-bond acceptors (Lipinski definition) is 7. The average Bonchev–Trinajstić information content (AvgIpc) is 3.48. The topological polar surface area (TPSA) is 155 Å². The molecule has 5 aromatic rings. The van der Waals surface area contributed by atoms with E-state index in [4.69, 9.17) is 11.6 Å². The van der Waals surface area contributed by atoms with Crippen molar-refractivity contribution < 1.29 is 14.7 Å². The molecule has 0 spiro atoms. The van der Waals surface area contributed by atoms with Crippen LogP contribution >= 0.6 is 11.6 Å². The lowest BCUT2D eigenvalue weighted by Gasteiger charge is -2.19. The van der Waals surface area contributed by atoms with Crippen molar-refractivity contribution in [2.24, 2.45) is 0 Å². The SMILES string of the molecule is O=C(Cc1ccc2[nH]c(=O)cc(O)c2c1)N[C@@H](Cc1ccccc1)C(=O)NCCc1cc(Cl)ccc1-n1cnnn1. The summed E-state index contributed by atoms with van der Waals surface area (Å²) in [4.78, 5) is 40.6. The van der Waals surface area contributed by atoms with Gasteiger partial charge in [0.05, 0.1) is 17.6 Å². The van der Waals surface area contributed by atoms with E-state index in [1.165, 1.54) is 11.0 Å². The zero-order valence-electron chi connectivity index (χ0n) is 21.8. The number of rotatable bonds is 10. The fourth-order valence-electron chi connectivity index (χ4n) is 4.58. The van der Waals surface area contributed by atoms with Gasteiger partial charge in [0.2, 0.25) is 11.8 Å². The van der Waals surface area contributed by atoms with Gasteiger partial charge in [-0.3, -0.25) is 14.4 Å². The van der Waals surface area contributed by atoms with Crippen molar-refractivity contribution in [3.63, 3.8) is 0 Å². The third kappa shape index (κ3) is 6.95. The first-order chi connectivity index (χ1) is 19.9. The van der Waals surface area contributed by atoms with Gasteiger partial charge >= 0.3 is 0 Å². The number of halogens is 1. The molecule has 41 heavy (non-hydrogen) atoms. The lowest BCUT2D eigenvalue weighted by Crippen LogP contribution is -2.48. The minimum atomic E-state index is -0.825. The highest BCUT2D eigenvalue weighted by atomic mass is 35.5. The van der Waals surface area contributed by atoms with Crippen molar-refractivity contribution in [3.05, 3.63) is 111 Å². The fourth-order valence-corrected chi connectivity index (χ4v) is 4.77. The molecular formula is C29H26ClN7O4. The van der Waals surface area contributed by atoms with Crippen LogP contribution in [0, 0.1) is 0 Å². The van der Waals surface area contributed by atoms with Crippen molar-refractivity contribution in [2.75, 3.05) is 6.54 Å². The Morgan fingerprint density at radius 2 is 1.85 bits per heavy atom. The molecule has 0 aliphatic carbocycles. The first-order valence-corrected chi connectivity index (χ1v) is 13.2. The van der Waals surface area contributed by atoms with Gasteiger partial charge in [0.25, 0.3) is 5.56 Å². The Morgan fingerprint density at radius 3 is 2.63 bits per heavy atom. The Balaban J connectivity index is 1.27. The summed E-state index contributed by atoms with van der Waals surface area (Å²) in [6.45, 7) is 0.289. The molecule has 0 saturated heterocycles. The summed E-state index contributed by atoms with van der Waals surface area (Å²) >= 11 is 6.21. The molecule has 0 radical (unpaired) electrons. The predicted octanol–water partition coefficient (Wildman–Crippen LogP) is 2.49. The number of tetrazole rings is 1. The van der Waals surface area contributed by atoms with E-state index in [2.05, 4.69) is 31.1 Å². The molecule has 2 aromatic heterocycles. The molecule has 11 nitrogen and oxygen atoms in total. The lowest BCUT2D eigenvalue weighted by molar-refractivity contribution is -0.128. The van der Waals surface area contributed by atoms with Crippen LogP contribution in [-0.2, 0) is 28.9 Å². The Morgan fingerprint density at radius 1 is 1.02 bits per heavy atom. The molecule has 0 saturated carbocycles. The van der Waals surface area contributed by atoms with Crippen molar-refractivity contribution in [2.45, 2.75) is 25.3 Å². The maximum Gasteiger partial charge on any atom is 0.252 e. The third-order valence-electron chi connectivity index (χ3n) is 6.52. The lowest BCUT2D eigenvalue weighted by atomic mass is 10.0. The monoisotopic (exact) mass is 571 g/mol. The number of benzene rings is 3. The molecule has 2 heterocycles. The normalized spacial score (nSPS) is 11.7. The summed E-state index contributed by atoms with van der Waals surface area (Å²) in [7, 11) is 0. The maximum absolute atomic E-state index is 13.3. The van der Waals surface area contributed by atoms with Gasteiger partial charge in [0.1, 0.15) is 18.1 Å². The van der Waals surface area contributed by atoms with Crippen LogP contribution in [0.4, 0.5) is 0 Å². The highest BCUT2D eigenvalue weighted by Crippen LogP contribution is 2.22. The van der Waals surface area contributed by atoms with Gasteiger partial charge in [0, 0.05) is 29.4 Å². The van der Waals surface area contributed by atoms with E-state index in [9.17, 15) is 19.5 Å². The summed E-state index contributed by atoms with van der Waals surface area (Å²) < 4.78 is 1.52. The summed E-state index contributed by atoms with van der Waals surface area (Å²) in [5.41, 5.74) is 3.14. The van der Waals surface area contributed by atoms with Crippen LogP contribution in [0.2, 0.25) is 5.02 Å². The van der Waals surface area contributed by atoms with Crippen molar-refractivity contribution in [1.82, 2.24) is 35.8 Å². The Kier molecular flexibility index (Phi) is 8.35. The number of aromatic amines is 1. The fraction of sp³-hybridized carbons (Fsp3) is 0.172. The summed E-state index contributed by atoms with van der Waals surface area (Å²) in [6, 6.07) is 20.0. The number of amides is 2. The number of aromatic hydroxyl groups is 1. The number of carbonyl (C=O) groups is 2. The van der Waals surface area contributed by atoms with Gasteiger partial charge in [-0.2, -0.15) is 0 Å². The second-order valence-corrected chi connectivity index (χ2v) is 9.89. The molecule has 0 aliphatic rings. The zero-order chi connectivity index (χ0) is 28.8. The number of pyridine rings is 1. The number of fused-ring (bicyclic) bond motifs is 1. The van der Waals surface area contributed by atoms with Gasteiger partial charge in [-0.05, 0) is 63.9 Å². The van der Waals surface area contributed by atoms with E-state index in [1.54, 1.807) is 36.4 Å². The molecule has 0 aliphatic heterocycles. The van der Waals surface area contributed by atoms with Gasteiger partial charge in [0.15, 0.2) is 0 Å². The van der Waals surface area contributed by atoms with E-state index in [0.717, 1.165) is 22.9 Å². The maximum atomic E-state index is 13.3. The average molecular weight is 572 g/mol. The largest absolute Gasteiger partial charge is 0.507 e. The Hall–Kier alpha value is -5.03. The Bertz CT molecular complexity index is 1740. The third-order valence-corrected chi connectivity index (χ3v) is 6.75. The van der Waals surface area contributed by atoms with Gasteiger partial charge in [-0.1, -0.05) is 48.0 Å². The molecule has 1 atom stereocenters. The van der Waals surface area contributed by atoms with Crippen LogP contribution in [-0.4, -0.2) is 54.7 Å². The summed E-state index contributed by atoms with van der Waals surface area (Å²) in [6.07, 6.45) is 2.21. The minimum Gasteiger partial charge on any atom is -0.507 e. The Labute approximate surface area is 239 Å². The van der Waals surface area contributed by atoms with Gasteiger partial charge in [-0.25, -0.2) is 4.68 Å². The molecule has 0 fully saturated rings. The molecule has 5 rings (SSSR count). The number of H-pyrrole nitrogens is 1. The number of nitrogens with zero attached hydrogens (tertiary/aromatic N) is 4. The standard InChI is InChI=1S/C29H26ClN7O4/c30-21-7-9-25(37-17-32-35-36-37)20(15-21)10-11-31-29(41)24(13-18-4-2-1-3-5-18)34-27(39)14-19-6-8-23-22(12-19)26(38)16-28(40)33-23/h1-9,12,15-17,24H,10-11,13-14H2,(H,31,41)(H,34,39)(H2,33,38,40)/t24-/m0/s1. The second kappa shape index (κ2) is 12.4. The van der Waals surface area contributed by atoms with Crippen LogP contribution < -0.4 is 16.2 Å². The van der Waals surface area contributed by atoms with Crippen molar-refractivity contribution in [3.8, 4) is 11.4 Å². The molecule has 2 amide bonds. The first kappa shape index (κ1) is 27.5. The molecule has 0 bridgehead atoms. The van der Waals surface area contributed by atoms with Crippen LogP contribution in [0.5, 0.6) is 5.75 Å². The van der Waals surface area contributed by atoms with Crippen molar-refractivity contribution in [1.29, 1.82) is 0 Å². The second-order valence-electron chi connectivity index (χ2n) is 9.45.